The standard InChI is InChI=1S/C19H24N2O3.ClH/c1-23-12-11-20-14-19(22)21-13-17-9-5-6-10-18(17)24-15-16-7-3-2-4-8-16;/h2-10,20H,11-15H2,1H3,(H,21,22);1H. The second-order valence-electron chi connectivity index (χ2n) is 5.33. The fourth-order valence-electron chi connectivity index (χ4n) is 2.16. The molecule has 0 saturated carbocycles. The monoisotopic (exact) mass is 364 g/mol. The van der Waals surface area contributed by atoms with E-state index in [1.807, 2.05) is 54.6 Å². The average molecular weight is 365 g/mol. The summed E-state index contributed by atoms with van der Waals surface area (Å²) < 4.78 is 10.8. The summed E-state index contributed by atoms with van der Waals surface area (Å²) in [6, 6.07) is 17.7. The maximum atomic E-state index is 11.8. The Balaban J connectivity index is 0.00000312. The number of hydrogen-bond donors (Lipinski definition) is 2. The summed E-state index contributed by atoms with van der Waals surface area (Å²) in [5.74, 6) is 0.734. The van der Waals surface area contributed by atoms with Crippen LogP contribution in [0.15, 0.2) is 54.6 Å². The number of rotatable bonds is 10. The first-order valence-electron chi connectivity index (χ1n) is 8.00. The lowest BCUT2D eigenvalue weighted by molar-refractivity contribution is -0.120. The summed E-state index contributed by atoms with van der Waals surface area (Å²) in [6.45, 7) is 2.46. The summed E-state index contributed by atoms with van der Waals surface area (Å²) in [6.07, 6.45) is 0. The van der Waals surface area contributed by atoms with Crippen LogP contribution in [-0.2, 0) is 22.7 Å². The van der Waals surface area contributed by atoms with E-state index in [0.717, 1.165) is 16.9 Å². The van der Waals surface area contributed by atoms with Crippen molar-refractivity contribution < 1.29 is 14.3 Å². The smallest absolute Gasteiger partial charge is 0.234 e. The largest absolute Gasteiger partial charge is 0.489 e. The van der Waals surface area contributed by atoms with Crippen molar-refractivity contribution in [2.75, 3.05) is 26.8 Å². The highest BCUT2D eigenvalue weighted by molar-refractivity contribution is 5.85. The molecule has 0 fully saturated rings. The van der Waals surface area contributed by atoms with Gasteiger partial charge in [-0.3, -0.25) is 4.79 Å². The van der Waals surface area contributed by atoms with Crippen LogP contribution in [0.25, 0.3) is 0 Å². The Morgan fingerprint density at radius 2 is 1.76 bits per heavy atom. The molecular formula is C19H25ClN2O3. The van der Waals surface area contributed by atoms with Gasteiger partial charge in [0.15, 0.2) is 0 Å². The zero-order valence-electron chi connectivity index (χ0n) is 14.4. The first-order chi connectivity index (χ1) is 11.8. The number of benzene rings is 2. The molecule has 0 radical (unpaired) electrons. The molecule has 0 atom stereocenters. The van der Waals surface area contributed by atoms with E-state index in [0.29, 0.717) is 26.3 Å². The van der Waals surface area contributed by atoms with Gasteiger partial charge in [0.05, 0.1) is 13.2 Å². The maximum Gasteiger partial charge on any atom is 0.234 e. The first-order valence-corrected chi connectivity index (χ1v) is 8.00. The van der Waals surface area contributed by atoms with E-state index in [-0.39, 0.29) is 24.9 Å². The number of halogens is 1. The van der Waals surface area contributed by atoms with Crippen molar-refractivity contribution in [1.82, 2.24) is 10.6 Å². The fourth-order valence-corrected chi connectivity index (χ4v) is 2.16. The quantitative estimate of drug-likeness (QED) is 0.636. The molecule has 0 saturated heterocycles. The summed E-state index contributed by atoms with van der Waals surface area (Å²) in [5.41, 5.74) is 2.07. The first kappa shape index (κ1) is 21.0. The van der Waals surface area contributed by atoms with Crippen molar-refractivity contribution in [2.24, 2.45) is 0 Å². The molecule has 6 heteroatoms. The molecule has 2 N–H and O–H groups in total. The van der Waals surface area contributed by atoms with Crippen LogP contribution < -0.4 is 15.4 Å². The van der Waals surface area contributed by atoms with Gasteiger partial charge in [-0.15, -0.1) is 12.4 Å². The van der Waals surface area contributed by atoms with Gasteiger partial charge in [0.25, 0.3) is 0 Å². The molecule has 25 heavy (non-hydrogen) atoms. The van der Waals surface area contributed by atoms with E-state index >= 15 is 0 Å². The lowest BCUT2D eigenvalue weighted by Crippen LogP contribution is -2.34. The molecule has 0 aliphatic rings. The summed E-state index contributed by atoms with van der Waals surface area (Å²) in [7, 11) is 1.63. The highest BCUT2D eigenvalue weighted by Gasteiger charge is 2.06. The minimum Gasteiger partial charge on any atom is -0.489 e. The Morgan fingerprint density at radius 3 is 2.52 bits per heavy atom. The van der Waals surface area contributed by atoms with Crippen molar-refractivity contribution >= 4 is 18.3 Å². The van der Waals surface area contributed by atoms with Crippen molar-refractivity contribution in [1.29, 1.82) is 0 Å². The highest BCUT2D eigenvalue weighted by Crippen LogP contribution is 2.19. The van der Waals surface area contributed by atoms with Gasteiger partial charge in [0.1, 0.15) is 12.4 Å². The highest BCUT2D eigenvalue weighted by atomic mass is 35.5. The molecule has 0 unspecified atom stereocenters. The SMILES string of the molecule is COCCNCC(=O)NCc1ccccc1OCc1ccccc1.Cl. The van der Waals surface area contributed by atoms with E-state index in [1.54, 1.807) is 7.11 Å². The Hall–Kier alpha value is -2.08. The molecule has 1 amide bonds. The zero-order chi connectivity index (χ0) is 17.0. The molecule has 0 aliphatic heterocycles. The average Bonchev–Trinajstić information content (AvgIpc) is 2.63. The van der Waals surface area contributed by atoms with Gasteiger partial charge in [-0.2, -0.15) is 0 Å². The molecule has 0 heterocycles. The minimum absolute atomic E-state index is 0. The molecule has 2 rings (SSSR count). The molecule has 0 spiro atoms. The van der Waals surface area contributed by atoms with Gasteiger partial charge in [-0.25, -0.2) is 0 Å². The normalized spacial score (nSPS) is 9.96. The van der Waals surface area contributed by atoms with Gasteiger partial charge in [0, 0.05) is 25.8 Å². The van der Waals surface area contributed by atoms with Gasteiger partial charge < -0.3 is 20.1 Å². The summed E-state index contributed by atoms with van der Waals surface area (Å²) in [5, 5.41) is 5.91. The van der Waals surface area contributed by atoms with E-state index in [4.69, 9.17) is 9.47 Å². The van der Waals surface area contributed by atoms with Gasteiger partial charge >= 0.3 is 0 Å². The maximum absolute atomic E-state index is 11.8. The second-order valence-corrected chi connectivity index (χ2v) is 5.33. The number of para-hydroxylation sites is 1. The molecule has 136 valence electrons. The third kappa shape index (κ3) is 8.03. The van der Waals surface area contributed by atoms with Crippen LogP contribution in [0.3, 0.4) is 0 Å². The minimum atomic E-state index is -0.0519. The molecule has 2 aromatic carbocycles. The van der Waals surface area contributed by atoms with Crippen LogP contribution in [0.2, 0.25) is 0 Å². The number of carbonyl (C=O) groups is 1. The predicted octanol–water partition coefficient (Wildman–Crippen LogP) is 2.54. The van der Waals surface area contributed by atoms with E-state index in [2.05, 4.69) is 10.6 Å². The number of methoxy groups -OCH3 is 1. The topological polar surface area (TPSA) is 59.6 Å². The molecule has 0 aromatic heterocycles. The third-order valence-electron chi connectivity index (χ3n) is 3.45. The molecule has 2 aromatic rings. The molecular weight excluding hydrogens is 340 g/mol. The van der Waals surface area contributed by atoms with Gasteiger partial charge in [-0.1, -0.05) is 48.5 Å². The number of ether oxygens (including phenoxy) is 2. The Labute approximate surface area is 155 Å². The van der Waals surface area contributed by atoms with Crippen LogP contribution in [-0.4, -0.2) is 32.7 Å². The van der Waals surface area contributed by atoms with Crippen LogP contribution in [0.4, 0.5) is 0 Å². The zero-order valence-corrected chi connectivity index (χ0v) is 15.2. The van der Waals surface area contributed by atoms with Crippen LogP contribution in [0, 0.1) is 0 Å². The van der Waals surface area contributed by atoms with Gasteiger partial charge in [0.2, 0.25) is 5.91 Å². The second kappa shape index (κ2) is 12.3. The lowest BCUT2D eigenvalue weighted by Gasteiger charge is -2.12. The number of hydrogen-bond acceptors (Lipinski definition) is 4. The Morgan fingerprint density at radius 1 is 1.04 bits per heavy atom. The number of amides is 1. The van der Waals surface area contributed by atoms with E-state index in [1.165, 1.54) is 0 Å². The van der Waals surface area contributed by atoms with Crippen LogP contribution >= 0.6 is 12.4 Å². The molecule has 0 bridgehead atoms. The molecule has 5 nitrogen and oxygen atoms in total. The van der Waals surface area contributed by atoms with E-state index in [9.17, 15) is 4.79 Å². The van der Waals surface area contributed by atoms with Crippen LogP contribution in [0.5, 0.6) is 5.75 Å². The van der Waals surface area contributed by atoms with E-state index < -0.39 is 0 Å². The summed E-state index contributed by atoms with van der Waals surface area (Å²) in [4.78, 5) is 11.8. The summed E-state index contributed by atoms with van der Waals surface area (Å²) >= 11 is 0. The molecule has 0 aliphatic carbocycles. The van der Waals surface area contributed by atoms with Crippen LogP contribution in [0.1, 0.15) is 11.1 Å². The van der Waals surface area contributed by atoms with Gasteiger partial charge in [-0.05, 0) is 11.6 Å². The van der Waals surface area contributed by atoms with Crippen molar-refractivity contribution in [3.8, 4) is 5.75 Å². The number of carbonyl (C=O) groups excluding carboxylic acids is 1. The number of nitrogens with one attached hydrogen (secondary N) is 2. The fraction of sp³-hybridized carbons (Fsp3) is 0.316. The lowest BCUT2D eigenvalue weighted by atomic mass is 10.2. The third-order valence-corrected chi connectivity index (χ3v) is 3.45. The Kier molecular flexibility index (Phi) is 10.3. The van der Waals surface area contributed by atoms with Crippen molar-refractivity contribution in [2.45, 2.75) is 13.2 Å². The van der Waals surface area contributed by atoms with Crippen molar-refractivity contribution in [3.05, 3.63) is 65.7 Å². The Bertz CT molecular complexity index is 623. The van der Waals surface area contributed by atoms with Crippen molar-refractivity contribution in [3.63, 3.8) is 0 Å². The predicted molar refractivity (Wildman–Crippen MR) is 101 cm³/mol.